The van der Waals surface area contributed by atoms with Gasteiger partial charge in [0.15, 0.2) is 0 Å². The molecule has 0 unspecified atom stereocenters. The lowest BCUT2D eigenvalue weighted by Crippen LogP contribution is -2.25. The number of benzene rings is 1. The zero-order valence-corrected chi connectivity index (χ0v) is 17.2. The zero-order valence-electron chi connectivity index (χ0n) is 16.5. The summed E-state index contributed by atoms with van der Waals surface area (Å²) < 4.78 is 65.5. The van der Waals surface area contributed by atoms with Gasteiger partial charge in [-0.15, -0.1) is 0 Å². The third-order valence-corrected chi connectivity index (χ3v) is 7.09. The van der Waals surface area contributed by atoms with Crippen LogP contribution in [0.4, 0.5) is 22.0 Å². The molecule has 2 aliphatic carbocycles. The summed E-state index contributed by atoms with van der Waals surface area (Å²) in [7, 11) is 0. The Balaban J connectivity index is 1.46. The first-order valence-electron chi connectivity index (χ1n) is 10.6. The van der Waals surface area contributed by atoms with Gasteiger partial charge in [-0.3, -0.25) is 0 Å². The van der Waals surface area contributed by atoms with E-state index in [0.29, 0.717) is 23.8 Å². The topological polar surface area (TPSA) is 0 Å². The fourth-order valence-corrected chi connectivity index (χ4v) is 5.48. The molecule has 0 bridgehead atoms. The average molecular weight is 435 g/mol. The van der Waals surface area contributed by atoms with Crippen LogP contribution in [0.3, 0.4) is 0 Å². The van der Waals surface area contributed by atoms with E-state index in [1.165, 1.54) is 38.5 Å². The molecule has 0 aromatic heterocycles. The van der Waals surface area contributed by atoms with Crippen LogP contribution in [0.2, 0.25) is 0 Å². The third kappa shape index (κ3) is 5.96. The molecule has 0 saturated heterocycles. The van der Waals surface area contributed by atoms with Crippen molar-refractivity contribution in [2.45, 2.75) is 70.4 Å². The minimum Gasteiger partial charge on any atom is -0.206 e. The van der Waals surface area contributed by atoms with Crippen LogP contribution in [0.5, 0.6) is 0 Å². The van der Waals surface area contributed by atoms with Crippen molar-refractivity contribution in [1.82, 2.24) is 0 Å². The Morgan fingerprint density at radius 2 is 1.38 bits per heavy atom. The normalized spacial score (nSPS) is 28.8. The number of halogens is 6. The highest BCUT2D eigenvalue weighted by Crippen LogP contribution is 2.42. The summed E-state index contributed by atoms with van der Waals surface area (Å²) in [4.78, 5) is 0. The smallest absolute Gasteiger partial charge is 0.206 e. The highest BCUT2D eigenvalue weighted by atomic mass is 35.5. The van der Waals surface area contributed by atoms with Crippen molar-refractivity contribution in [3.8, 4) is 0 Å². The maximum atomic E-state index is 13.7. The Labute approximate surface area is 174 Å². The minimum atomic E-state index is -5.01. The molecule has 29 heavy (non-hydrogen) atoms. The summed E-state index contributed by atoms with van der Waals surface area (Å²) in [6.45, 7) is 0. The van der Waals surface area contributed by atoms with Crippen molar-refractivity contribution in [2.75, 3.05) is 0 Å². The van der Waals surface area contributed by atoms with Gasteiger partial charge in [0.1, 0.15) is 17.2 Å². The second-order valence-electron chi connectivity index (χ2n) is 8.75. The first kappa shape index (κ1) is 22.6. The summed E-state index contributed by atoms with van der Waals surface area (Å²) in [6, 6.07) is 1.68. The first-order valence-corrected chi connectivity index (χ1v) is 11.0. The van der Waals surface area contributed by atoms with Crippen molar-refractivity contribution in [2.24, 2.45) is 23.7 Å². The third-order valence-electron chi connectivity index (χ3n) is 6.95. The lowest BCUT2D eigenvalue weighted by Gasteiger charge is -2.37. The van der Waals surface area contributed by atoms with Crippen molar-refractivity contribution < 1.29 is 22.0 Å². The van der Waals surface area contributed by atoms with Crippen LogP contribution in [0.1, 0.15) is 68.9 Å². The van der Waals surface area contributed by atoms with Crippen molar-refractivity contribution in [1.29, 1.82) is 0 Å². The second-order valence-corrected chi connectivity index (χ2v) is 9.00. The number of alkyl halides is 3. The average Bonchev–Trinajstić information content (AvgIpc) is 2.66. The van der Waals surface area contributed by atoms with Gasteiger partial charge in [-0.2, -0.15) is 13.2 Å². The van der Waals surface area contributed by atoms with Gasteiger partial charge in [0.05, 0.1) is 0 Å². The molecule has 1 aromatic carbocycles. The molecule has 0 nitrogen and oxygen atoms in total. The monoisotopic (exact) mass is 434 g/mol. The Kier molecular flexibility index (Phi) is 7.63. The van der Waals surface area contributed by atoms with E-state index in [4.69, 9.17) is 11.6 Å². The summed E-state index contributed by atoms with van der Waals surface area (Å²) in [6.07, 6.45) is 7.75. The van der Waals surface area contributed by atoms with E-state index in [1.54, 1.807) is 5.54 Å². The van der Waals surface area contributed by atoms with Gasteiger partial charge in [0.25, 0.3) is 0 Å². The first-order chi connectivity index (χ1) is 13.8. The van der Waals surface area contributed by atoms with Gasteiger partial charge in [-0.1, -0.05) is 30.5 Å². The van der Waals surface area contributed by atoms with Gasteiger partial charge in [0, 0.05) is 5.54 Å². The van der Waals surface area contributed by atoms with Crippen LogP contribution in [0.25, 0.3) is 0 Å². The van der Waals surface area contributed by atoms with Crippen LogP contribution in [-0.4, -0.2) is 0 Å². The largest absolute Gasteiger partial charge is 0.422 e. The summed E-state index contributed by atoms with van der Waals surface area (Å²) in [5.41, 5.74) is 0.142. The molecule has 0 atom stereocenters. The molecular weight excluding hydrogens is 407 g/mol. The Morgan fingerprint density at radius 3 is 1.86 bits per heavy atom. The molecule has 0 heterocycles. The molecule has 2 aliphatic rings. The van der Waals surface area contributed by atoms with E-state index in [2.05, 4.69) is 6.08 Å². The Hall–Kier alpha value is -1.10. The standard InChI is InChI=1S/C23H28ClF5/c24-12-11-16-5-9-19(10-6-16)18-7-3-15(4-8-18)1-2-17-13-20(25)22(21(26)14-17)23(27,28)29/h11-16,18-19H,1-10H2. The fourth-order valence-electron chi connectivity index (χ4n) is 5.27. The highest BCUT2D eigenvalue weighted by Gasteiger charge is 2.38. The number of hydrogen-bond donors (Lipinski definition) is 0. The van der Waals surface area contributed by atoms with Gasteiger partial charge < -0.3 is 0 Å². The van der Waals surface area contributed by atoms with E-state index in [-0.39, 0.29) is 0 Å². The molecule has 3 rings (SSSR count). The van der Waals surface area contributed by atoms with Crippen molar-refractivity contribution in [3.05, 3.63) is 46.5 Å². The molecule has 162 valence electrons. The van der Waals surface area contributed by atoms with Crippen molar-refractivity contribution >= 4 is 11.6 Å². The number of aryl methyl sites for hydroxylation is 1. The summed E-state index contributed by atoms with van der Waals surface area (Å²) >= 11 is 5.68. The zero-order chi connectivity index (χ0) is 21.0. The van der Waals surface area contributed by atoms with E-state index < -0.39 is 23.4 Å². The molecule has 1 aromatic rings. The van der Waals surface area contributed by atoms with Crippen LogP contribution >= 0.6 is 11.6 Å². The van der Waals surface area contributed by atoms with E-state index >= 15 is 0 Å². The minimum absolute atomic E-state index is 0.306. The molecule has 2 fully saturated rings. The van der Waals surface area contributed by atoms with Crippen LogP contribution < -0.4 is 0 Å². The molecule has 2 saturated carbocycles. The van der Waals surface area contributed by atoms with Crippen LogP contribution in [0.15, 0.2) is 23.7 Å². The molecule has 0 spiro atoms. The number of allylic oxidation sites excluding steroid dienone is 1. The lowest BCUT2D eigenvalue weighted by atomic mass is 9.68. The Morgan fingerprint density at radius 1 is 0.862 bits per heavy atom. The van der Waals surface area contributed by atoms with E-state index in [1.807, 2.05) is 0 Å². The Bertz CT molecular complexity index is 673. The SMILES string of the molecule is Fc1cc(CCC2CCC(C3CCC(C=CCl)CC3)CC2)cc(F)c1C(F)(F)F. The van der Waals surface area contributed by atoms with Gasteiger partial charge in [-0.05, 0) is 92.7 Å². The molecule has 0 N–H and O–H groups in total. The molecule has 0 aliphatic heterocycles. The predicted molar refractivity (Wildman–Crippen MR) is 106 cm³/mol. The van der Waals surface area contributed by atoms with Gasteiger partial charge in [0.2, 0.25) is 0 Å². The van der Waals surface area contributed by atoms with Crippen molar-refractivity contribution in [3.63, 3.8) is 0 Å². The maximum absolute atomic E-state index is 13.7. The predicted octanol–water partition coefficient (Wildman–Crippen LogP) is 8.28. The second kappa shape index (κ2) is 9.80. The molecule has 0 amide bonds. The summed E-state index contributed by atoms with van der Waals surface area (Å²) in [5.74, 6) is -0.395. The quantitative estimate of drug-likeness (QED) is 0.409. The fraction of sp³-hybridized carbons (Fsp3) is 0.652. The maximum Gasteiger partial charge on any atom is 0.422 e. The van der Waals surface area contributed by atoms with Crippen LogP contribution in [-0.2, 0) is 12.6 Å². The molecule has 0 radical (unpaired) electrons. The van der Waals surface area contributed by atoms with Crippen LogP contribution in [0, 0.1) is 35.3 Å². The number of hydrogen-bond acceptors (Lipinski definition) is 0. The molecular formula is C23H28ClF5. The molecule has 6 heteroatoms. The van der Waals surface area contributed by atoms with Gasteiger partial charge >= 0.3 is 6.18 Å². The van der Waals surface area contributed by atoms with E-state index in [0.717, 1.165) is 43.2 Å². The summed E-state index contributed by atoms with van der Waals surface area (Å²) in [5, 5.41) is 0. The van der Waals surface area contributed by atoms with E-state index in [9.17, 15) is 22.0 Å². The number of rotatable bonds is 5. The highest BCUT2D eigenvalue weighted by molar-refractivity contribution is 6.25. The van der Waals surface area contributed by atoms with Gasteiger partial charge in [-0.25, -0.2) is 8.78 Å². The lowest BCUT2D eigenvalue weighted by molar-refractivity contribution is -0.142.